The van der Waals surface area contributed by atoms with Crippen molar-refractivity contribution in [1.82, 2.24) is 5.32 Å². The van der Waals surface area contributed by atoms with Crippen molar-refractivity contribution < 1.29 is 22.7 Å². The highest BCUT2D eigenvalue weighted by Crippen LogP contribution is 2.36. The maximum atomic E-state index is 13.3. The van der Waals surface area contributed by atoms with Crippen molar-refractivity contribution in [3.8, 4) is 0 Å². The summed E-state index contributed by atoms with van der Waals surface area (Å²) in [6.45, 7) is 3.86. The minimum absolute atomic E-state index is 0.00550. The predicted octanol–water partition coefficient (Wildman–Crippen LogP) is 2.51. The molecule has 0 aliphatic carbocycles. The van der Waals surface area contributed by atoms with E-state index in [0.29, 0.717) is 18.7 Å². The SMILES string of the molecule is CCCNC(=O)COC(=O)c1cccc(S(=O)(=O)N2c3ccccc3C[C@H]2C)c1. The molecule has 8 heteroatoms. The lowest BCUT2D eigenvalue weighted by atomic mass is 10.1. The smallest absolute Gasteiger partial charge is 0.338 e. The lowest BCUT2D eigenvalue weighted by Crippen LogP contribution is -2.35. The van der Waals surface area contributed by atoms with Gasteiger partial charge in [-0.2, -0.15) is 0 Å². The third kappa shape index (κ3) is 4.42. The number of ether oxygens (including phenoxy) is 1. The maximum absolute atomic E-state index is 13.3. The number of carbonyl (C=O) groups is 2. The molecule has 1 N–H and O–H groups in total. The predicted molar refractivity (Wildman–Crippen MR) is 109 cm³/mol. The van der Waals surface area contributed by atoms with Crippen LogP contribution in [0.15, 0.2) is 53.4 Å². The number of nitrogens with zero attached hydrogens (tertiary/aromatic N) is 1. The lowest BCUT2D eigenvalue weighted by molar-refractivity contribution is -0.124. The normalized spacial score (nSPS) is 15.7. The molecule has 0 spiro atoms. The Hall–Kier alpha value is -2.87. The number of para-hydroxylation sites is 1. The van der Waals surface area contributed by atoms with Gasteiger partial charge in [-0.05, 0) is 49.6 Å². The summed E-state index contributed by atoms with van der Waals surface area (Å²) in [5.41, 5.74) is 1.70. The number of sulfonamides is 1. The van der Waals surface area contributed by atoms with Gasteiger partial charge in [0.15, 0.2) is 6.61 Å². The number of rotatable bonds is 7. The molecule has 0 saturated heterocycles. The van der Waals surface area contributed by atoms with Crippen LogP contribution in [0.5, 0.6) is 0 Å². The Bertz CT molecular complexity index is 1020. The molecule has 1 aliphatic heterocycles. The molecule has 0 saturated carbocycles. The molecule has 2 aromatic rings. The van der Waals surface area contributed by atoms with Gasteiger partial charge in [-0.1, -0.05) is 31.2 Å². The van der Waals surface area contributed by atoms with Gasteiger partial charge in [-0.15, -0.1) is 0 Å². The summed E-state index contributed by atoms with van der Waals surface area (Å²) in [4.78, 5) is 23.9. The maximum Gasteiger partial charge on any atom is 0.338 e. The van der Waals surface area contributed by atoms with Crippen molar-refractivity contribution in [2.45, 2.75) is 37.6 Å². The van der Waals surface area contributed by atoms with Crippen LogP contribution in [-0.4, -0.2) is 39.5 Å². The Morgan fingerprint density at radius 1 is 1.17 bits per heavy atom. The number of anilines is 1. The molecule has 2 aromatic carbocycles. The van der Waals surface area contributed by atoms with E-state index in [1.165, 1.54) is 28.6 Å². The van der Waals surface area contributed by atoms with Crippen LogP contribution in [0.1, 0.15) is 36.2 Å². The second-order valence-electron chi connectivity index (χ2n) is 6.94. The standard InChI is InChI=1S/C21H24N2O5S/c1-3-11-22-20(24)14-28-21(25)17-8-6-9-18(13-17)29(26,27)23-15(2)12-16-7-4-5-10-19(16)23/h4-10,13,15H,3,11-12,14H2,1-2H3,(H,22,24)/t15-/m1/s1. The summed E-state index contributed by atoms with van der Waals surface area (Å²) in [6.07, 6.45) is 1.40. The number of esters is 1. The Labute approximate surface area is 170 Å². The largest absolute Gasteiger partial charge is 0.452 e. The summed E-state index contributed by atoms with van der Waals surface area (Å²) < 4.78 is 32.9. The Kier molecular flexibility index (Phi) is 6.22. The lowest BCUT2D eigenvalue weighted by Gasteiger charge is -2.24. The summed E-state index contributed by atoms with van der Waals surface area (Å²) in [7, 11) is -3.85. The molecule has 154 valence electrons. The number of nitrogens with one attached hydrogen (secondary N) is 1. The van der Waals surface area contributed by atoms with Crippen molar-refractivity contribution in [2.75, 3.05) is 17.5 Å². The van der Waals surface area contributed by atoms with Crippen LogP contribution in [-0.2, 0) is 26.0 Å². The van der Waals surface area contributed by atoms with Crippen molar-refractivity contribution in [3.05, 3.63) is 59.7 Å². The second-order valence-corrected chi connectivity index (χ2v) is 8.75. The van der Waals surface area contributed by atoms with E-state index in [1.54, 1.807) is 12.1 Å². The molecule has 0 aromatic heterocycles. The van der Waals surface area contributed by atoms with Gasteiger partial charge in [-0.25, -0.2) is 13.2 Å². The van der Waals surface area contributed by atoms with Crippen molar-refractivity contribution in [3.63, 3.8) is 0 Å². The van der Waals surface area contributed by atoms with E-state index in [1.807, 2.05) is 26.0 Å². The molecule has 3 rings (SSSR count). The van der Waals surface area contributed by atoms with Crippen molar-refractivity contribution >= 4 is 27.6 Å². The van der Waals surface area contributed by atoms with E-state index in [2.05, 4.69) is 5.32 Å². The van der Waals surface area contributed by atoms with Crippen LogP contribution in [0, 0.1) is 0 Å². The number of hydrogen-bond donors (Lipinski definition) is 1. The summed E-state index contributed by atoms with van der Waals surface area (Å²) in [6, 6.07) is 12.9. The van der Waals surface area contributed by atoms with Gasteiger partial charge in [0, 0.05) is 12.6 Å². The summed E-state index contributed by atoms with van der Waals surface area (Å²) in [5, 5.41) is 2.61. The number of benzene rings is 2. The topological polar surface area (TPSA) is 92.8 Å². The van der Waals surface area contributed by atoms with Crippen LogP contribution >= 0.6 is 0 Å². The van der Waals surface area contributed by atoms with Crippen LogP contribution in [0.4, 0.5) is 5.69 Å². The van der Waals surface area contributed by atoms with Crippen molar-refractivity contribution in [1.29, 1.82) is 0 Å². The molecule has 29 heavy (non-hydrogen) atoms. The van der Waals surface area contributed by atoms with E-state index in [4.69, 9.17) is 4.74 Å². The first-order valence-electron chi connectivity index (χ1n) is 9.50. The molecule has 0 radical (unpaired) electrons. The first kappa shape index (κ1) is 20.9. The van der Waals surface area contributed by atoms with Gasteiger partial charge in [0.2, 0.25) is 0 Å². The number of hydrogen-bond acceptors (Lipinski definition) is 5. The highest BCUT2D eigenvalue weighted by Gasteiger charge is 2.36. The first-order chi connectivity index (χ1) is 13.8. The van der Waals surface area contributed by atoms with Crippen molar-refractivity contribution in [2.24, 2.45) is 0 Å². The molecule has 0 fully saturated rings. The summed E-state index contributed by atoms with van der Waals surface area (Å²) >= 11 is 0. The zero-order valence-corrected chi connectivity index (χ0v) is 17.2. The molecule has 1 atom stereocenters. The van der Waals surface area contributed by atoms with E-state index < -0.39 is 28.5 Å². The highest BCUT2D eigenvalue weighted by atomic mass is 32.2. The monoisotopic (exact) mass is 416 g/mol. The molecular formula is C21H24N2O5S. The van der Waals surface area contributed by atoms with E-state index in [9.17, 15) is 18.0 Å². The molecular weight excluding hydrogens is 392 g/mol. The van der Waals surface area contributed by atoms with E-state index in [-0.39, 0.29) is 16.5 Å². The third-order valence-electron chi connectivity index (χ3n) is 4.68. The van der Waals surface area contributed by atoms with E-state index >= 15 is 0 Å². The number of carbonyl (C=O) groups excluding carboxylic acids is 2. The van der Waals surface area contributed by atoms with Gasteiger partial charge in [-0.3, -0.25) is 9.10 Å². The van der Waals surface area contributed by atoms with Crippen LogP contribution in [0.3, 0.4) is 0 Å². The zero-order valence-electron chi connectivity index (χ0n) is 16.4. The van der Waals surface area contributed by atoms with Gasteiger partial charge in [0.05, 0.1) is 16.1 Å². The second kappa shape index (κ2) is 8.65. The molecule has 1 heterocycles. The van der Waals surface area contributed by atoms with Crippen LogP contribution < -0.4 is 9.62 Å². The molecule has 1 amide bonds. The van der Waals surface area contributed by atoms with E-state index in [0.717, 1.165) is 12.0 Å². The fourth-order valence-electron chi connectivity index (χ4n) is 3.33. The first-order valence-corrected chi connectivity index (χ1v) is 10.9. The molecule has 0 unspecified atom stereocenters. The number of fused-ring (bicyclic) bond motifs is 1. The average molecular weight is 416 g/mol. The Morgan fingerprint density at radius 2 is 1.93 bits per heavy atom. The summed E-state index contributed by atoms with van der Waals surface area (Å²) in [5.74, 6) is -1.14. The zero-order chi connectivity index (χ0) is 21.0. The Balaban J connectivity index is 1.80. The fourth-order valence-corrected chi connectivity index (χ4v) is 5.07. The quantitative estimate of drug-likeness (QED) is 0.700. The average Bonchev–Trinajstić information content (AvgIpc) is 3.06. The number of amides is 1. The van der Waals surface area contributed by atoms with Gasteiger partial charge in [0.25, 0.3) is 15.9 Å². The van der Waals surface area contributed by atoms with Crippen LogP contribution in [0.2, 0.25) is 0 Å². The fraction of sp³-hybridized carbons (Fsp3) is 0.333. The molecule has 7 nitrogen and oxygen atoms in total. The minimum atomic E-state index is -3.85. The van der Waals surface area contributed by atoms with Crippen LogP contribution in [0.25, 0.3) is 0 Å². The molecule has 1 aliphatic rings. The van der Waals surface area contributed by atoms with Gasteiger partial charge >= 0.3 is 5.97 Å². The Morgan fingerprint density at radius 3 is 2.69 bits per heavy atom. The third-order valence-corrected chi connectivity index (χ3v) is 6.60. The van der Waals surface area contributed by atoms with Gasteiger partial charge < -0.3 is 10.1 Å². The highest BCUT2D eigenvalue weighted by molar-refractivity contribution is 7.92. The molecule has 0 bridgehead atoms. The van der Waals surface area contributed by atoms with Gasteiger partial charge in [0.1, 0.15) is 0 Å². The minimum Gasteiger partial charge on any atom is -0.452 e.